The van der Waals surface area contributed by atoms with Gasteiger partial charge in [-0.1, -0.05) is 45.9 Å². The van der Waals surface area contributed by atoms with E-state index in [-0.39, 0.29) is 17.4 Å². The number of aromatic nitrogens is 2. The molecule has 4 nitrogen and oxygen atoms in total. The summed E-state index contributed by atoms with van der Waals surface area (Å²) in [6.07, 6.45) is 4.16. The second kappa shape index (κ2) is 8.04. The van der Waals surface area contributed by atoms with Crippen LogP contribution in [0.2, 0.25) is 0 Å². The second-order valence-electron chi connectivity index (χ2n) is 9.59. The monoisotopic (exact) mass is 438 g/mol. The summed E-state index contributed by atoms with van der Waals surface area (Å²) in [7, 11) is 0. The van der Waals surface area contributed by atoms with Crippen molar-refractivity contribution in [2.45, 2.75) is 45.4 Å². The van der Waals surface area contributed by atoms with Crippen LogP contribution in [0.5, 0.6) is 11.5 Å². The fourth-order valence-corrected chi connectivity index (χ4v) is 4.76. The van der Waals surface area contributed by atoms with Crippen molar-refractivity contribution >= 4 is 21.8 Å². The molecule has 0 bridgehead atoms. The summed E-state index contributed by atoms with van der Waals surface area (Å²) in [5.74, 6) is 0.510. The van der Waals surface area contributed by atoms with Crippen LogP contribution in [0.25, 0.3) is 21.8 Å². The van der Waals surface area contributed by atoms with Crippen LogP contribution in [0.3, 0.4) is 0 Å². The van der Waals surface area contributed by atoms with Gasteiger partial charge in [0.15, 0.2) is 11.5 Å². The molecule has 0 saturated carbocycles. The van der Waals surface area contributed by atoms with Gasteiger partial charge in [0.2, 0.25) is 0 Å². The second-order valence-corrected chi connectivity index (χ2v) is 9.59. The van der Waals surface area contributed by atoms with Crippen LogP contribution < -0.4 is 0 Å². The number of benzene rings is 3. The molecule has 168 valence electrons. The van der Waals surface area contributed by atoms with E-state index >= 15 is 0 Å². The molecule has 0 saturated heterocycles. The molecule has 0 fully saturated rings. The van der Waals surface area contributed by atoms with Crippen molar-refractivity contribution in [3.05, 3.63) is 94.8 Å². The van der Waals surface area contributed by atoms with Crippen LogP contribution in [0.4, 0.5) is 0 Å². The predicted molar refractivity (Wildman–Crippen MR) is 135 cm³/mol. The van der Waals surface area contributed by atoms with Crippen LogP contribution >= 0.6 is 0 Å². The molecule has 0 atom stereocenters. The molecule has 5 aromatic rings. The summed E-state index contributed by atoms with van der Waals surface area (Å²) < 4.78 is 0. The predicted octanol–water partition coefficient (Wildman–Crippen LogP) is 7.49. The largest absolute Gasteiger partial charge is 0.504 e. The zero-order chi connectivity index (χ0) is 23.3. The highest BCUT2D eigenvalue weighted by Crippen LogP contribution is 2.42. The first-order chi connectivity index (χ1) is 15.8. The Morgan fingerprint density at radius 3 is 1.52 bits per heavy atom. The Morgan fingerprint density at radius 2 is 1.06 bits per heavy atom. The Bertz CT molecular complexity index is 1370. The van der Waals surface area contributed by atoms with Gasteiger partial charge in [-0.2, -0.15) is 0 Å². The van der Waals surface area contributed by atoms with Crippen LogP contribution in [-0.2, 0) is 0 Å². The van der Waals surface area contributed by atoms with Crippen molar-refractivity contribution in [1.82, 2.24) is 9.97 Å². The lowest BCUT2D eigenvalue weighted by atomic mass is 9.83. The number of hydrogen-bond acceptors (Lipinski definition) is 2. The fourth-order valence-electron chi connectivity index (χ4n) is 4.76. The van der Waals surface area contributed by atoms with Crippen molar-refractivity contribution in [1.29, 1.82) is 0 Å². The van der Waals surface area contributed by atoms with Gasteiger partial charge >= 0.3 is 0 Å². The lowest BCUT2D eigenvalue weighted by Gasteiger charge is -2.19. The highest BCUT2D eigenvalue weighted by atomic mass is 16.3. The number of rotatable bonds is 5. The lowest BCUT2D eigenvalue weighted by Crippen LogP contribution is -2.03. The van der Waals surface area contributed by atoms with E-state index in [0.29, 0.717) is 11.8 Å². The third-order valence-electron chi connectivity index (χ3n) is 6.76. The van der Waals surface area contributed by atoms with E-state index in [1.54, 1.807) is 12.1 Å². The topological polar surface area (TPSA) is 72.0 Å². The van der Waals surface area contributed by atoms with E-state index in [4.69, 9.17) is 0 Å². The normalized spacial score (nSPS) is 12.1. The number of H-pyrrole nitrogens is 2. The average Bonchev–Trinajstić information content (AvgIpc) is 3.40. The van der Waals surface area contributed by atoms with Gasteiger partial charge in [0, 0.05) is 40.1 Å². The third-order valence-corrected chi connectivity index (χ3v) is 6.76. The number of phenolic OH excluding ortho intramolecular Hbond substituents is 2. The summed E-state index contributed by atoms with van der Waals surface area (Å²) >= 11 is 0. The van der Waals surface area contributed by atoms with Gasteiger partial charge in [0.1, 0.15) is 0 Å². The Balaban J connectivity index is 1.79. The minimum atomic E-state index is -0.121. The van der Waals surface area contributed by atoms with Crippen LogP contribution in [0, 0.1) is 0 Å². The van der Waals surface area contributed by atoms with Gasteiger partial charge in [-0.15, -0.1) is 0 Å². The molecule has 0 unspecified atom stereocenters. The Kier molecular flexibility index (Phi) is 5.16. The maximum atomic E-state index is 10.3. The number of hydrogen-bond donors (Lipinski definition) is 4. The Hall–Kier alpha value is -3.66. The van der Waals surface area contributed by atoms with Gasteiger partial charge in [-0.3, -0.25) is 0 Å². The van der Waals surface area contributed by atoms with Crippen LogP contribution in [0.1, 0.15) is 73.3 Å². The van der Waals surface area contributed by atoms with Crippen molar-refractivity contribution in [3.63, 3.8) is 0 Å². The molecule has 33 heavy (non-hydrogen) atoms. The van der Waals surface area contributed by atoms with Crippen molar-refractivity contribution in [3.8, 4) is 11.5 Å². The van der Waals surface area contributed by atoms with Crippen LogP contribution in [0.15, 0.2) is 67.0 Å². The molecule has 0 aliphatic carbocycles. The van der Waals surface area contributed by atoms with Crippen LogP contribution in [-0.4, -0.2) is 20.2 Å². The quantitative estimate of drug-likeness (QED) is 0.215. The zero-order valence-corrected chi connectivity index (χ0v) is 19.5. The molecule has 2 heterocycles. The van der Waals surface area contributed by atoms with E-state index in [9.17, 15) is 10.2 Å². The smallest absolute Gasteiger partial charge is 0.157 e. The first-order valence-corrected chi connectivity index (χ1v) is 11.6. The molecule has 0 spiro atoms. The Labute approximate surface area is 193 Å². The molecule has 4 heteroatoms. The molecule has 2 aromatic heterocycles. The maximum Gasteiger partial charge on any atom is 0.157 e. The molecular formula is C29H30N2O2. The van der Waals surface area contributed by atoms with E-state index in [1.807, 2.05) is 6.07 Å². The molecule has 0 aliphatic heterocycles. The van der Waals surface area contributed by atoms with Gasteiger partial charge in [-0.05, 0) is 76.1 Å². The highest BCUT2D eigenvalue weighted by molar-refractivity contribution is 5.90. The SMILES string of the molecule is CC(C)c1ccc2[nH]cc(C(c3ccc(O)c(O)c3)c3c[nH]c4ccc(C(C)C)cc34)c2c1. The standard InChI is InChI=1S/C29H30N2O2/c1-16(2)18-5-8-25-21(11-18)23(14-30-25)29(20-7-10-27(32)28(33)13-20)24-15-31-26-9-6-19(17(3)4)12-22(24)26/h5-17,29-33H,1-4H3. The molecule has 5 rings (SSSR count). The van der Waals surface area contributed by atoms with E-state index in [2.05, 4.69) is 86.5 Å². The first-order valence-electron chi connectivity index (χ1n) is 11.6. The number of nitrogens with one attached hydrogen (secondary N) is 2. The third kappa shape index (κ3) is 3.66. The average molecular weight is 439 g/mol. The minimum Gasteiger partial charge on any atom is -0.504 e. The summed E-state index contributed by atoms with van der Waals surface area (Å²) in [4.78, 5) is 6.90. The Morgan fingerprint density at radius 1 is 0.576 bits per heavy atom. The molecule has 0 amide bonds. The van der Waals surface area contributed by atoms with E-state index < -0.39 is 0 Å². The fraction of sp³-hybridized carbons (Fsp3) is 0.241. The molecule has 3 aromatic carbocycles. The van der Waals surface area contributed by atoms with Gasteiger partial charge in [-0.25, -0.2) is 0 Å². The number of aromatic amines is 2. The summed E-state index contributed by atoms with van der Waals surface area (Å²) in [6.45, 7) is 8.82. The van der Waals surface area contributed by atoms with E-state index in [0.717, 1.165) is 27.7 Å². The summed E-state index contributed by atoms with van der Waals surface area (Å²) in [6, 6.07) is 18.3. The zero-order valence-electron chi connectivity index (χ0n) is 19.5. The van der Waals surface area contributed by atoms with Crippen molar-refractivity contribution < 1.29 is 10.2 Å². The maximum absolute atomic E-state index is 10.3. The lowest BCUT2D eigenvalue weighted by molar-refractivity contribution is 0.403. The summed E-state index contributed by atoms with van der Waals surface area (Å²) in [5.41, 5.74) is 7.97. The number of phenols is 2. The van der Waals surface area contributed by atoms with Gasteiger partial charge < -0.3 is 20.2 Å². The van der Waals surface area contributed by atoms with Crippen molar-refractivity contribution in [2.24, 2.45) is 0 Å². The number of fused-ring (bicyclic) bond motifs is 2. The minimum absolute atomic E-state index is 0.108. The molecule has 0 aliphatic rings. The molecule has 0 radical (unpaired) electrons. The highest BCUT2D eigenvalue weighted by Gasteiger charge is 2.25. The number of aromatic hydroxyl groups is 2. The van der Waals surface area contributed by atoms with E-state index in [1.165, 1.54) is 21.9 Å². The van der Waals surface area contributed by atoms with Gasteiger partial charge in [0.25, 0.3) is 0 Å². The van der Waals surface area contributed by atoms with Crippen molar-refractivity contribution in [2.75, 3.05) is 0 Å². The van der Waals surface area contributed by atoms with Gasteiger partial charge in [0.05, 0.1) is 0 Å². The summed E-state index contributed by atoms with van der Waals surface area (Å²) in [5, 5.41) is 22.6. The first kappa shape index (κ1) is 21.2. The molecular weight excluding hydrogens is 408 g/mol. The molecule has 4 N–H and O–H groups in total.